The Labute approximate surface area is 255 Å². The number of hydrogen-bond donors (Lipinski definition) is 3. The first-order valence-corrected chi connectivity index (χ1v) is 15.9. The Morgan fingerprint density at radius 3 is 2.55 bits per heavy atom. The lowest BCUT2D eigenvalue weighted by atomic mass is 9.58. The van der Waals surface area contributed by atoms with Gasteiger partial charge in [-0.3, -0.25) is 14.5 Å². The summed E-state index contributed by atoms with van der Waals surface area (Å²) in [5.74, 6) is -1.40. The molecule has 9 heteroatoms. The van der Waals surface area contributed by atoms with E-state index < -0.39 is 25.1 Å². The highest BCUT2D eigenvalue weighted by Crippen LogP contribution is 2.51. The molecule has 2 aliphatic heterocycles. The molecule has 2 aromatic carbocycles. The van der Waals surface area contributed by atoms with Crippen LogP contribution >= 0.6 is 15.9 Å². The van der Waals surface area contributed by atoms with Crippen molar-refractivity contribution in [3.63, 3.8) is 0 Å². The van der Waals surface area contributed by atoms with E-state index in [1.807, 2.05) is 42.5 Å². The Morgan fingerprint density at radius 2 is 1.81 bits per heavy atom. The summed E-state index contributed by atoms with van der Waals surface area (Å²) in [5, 5.41) is 31.9. The van der Waals surface area contributed by atoms with Gasteiger partial charge in [-0.25, -0.2) is 0 Å². The van der Waals surface area contributed by atoms with E-state index in [4.69, 9.17) is 4.65 Å². The molecule has 2 heterocycles. The highest BCUT2D eigenvalue weighted by Gasteiger charge is 2.58. The number of amides is 2. The van der Waals surface area contributed by atoms with Crippen molar-refractivity contribution >= 4 is 46.5 Å². The summed E-state index contributed by atoms with van der Waals surface area (Å²) in [5.41, 5.74) is 4.32. The van der Waals surface area contributed by atoms with E-state index in [-0.39, 0.29) is 42.5 Å². The predicted molar refractivity (Wildman–Crippen MR) is 165 cm³/mol. The van der Waals surface area contributed by atoms with Gasteiger partial charge in [0.2, 0.25) is 11.8 Å². The zero-order valence-electron chi connectivity index (χ0n) is 23.6. The number of aliphatic hydroxyl groups is 1. The zero-order chi connectivity index (χ0) is 29.4. The van der Waals surface area contributed by atoms with Gasteiger partial charge in [0.25, 0.3) is 0 Å². The quantitative estimate of drug-likeness (QED) is 0.159. The standard InChI is InChI=1S/C33H37BBrNO6/c35-24-12-13-28(38)22(16-24)15-21(20-7-3-1-4-8-20)11-14-29-30-23(19-37)17-26-31(27(30)18-34(41)42-29)33(40)36(32(26)39)25-9-5-2-6-10-25/h1,3-4,7-8,12-13,15-16,25-27,29,31,37-38,41H,2,5-6,9-11,14,17-19H2/b21-15-/t26-,27+,29-,31-/m1/s1. The highest BCUT2D eigenvalue weighted by atomic mass is 79.9. The number of phenols is 1. The number of benzene rings is 2. The van der Waals surface area contributed by atoms with Crippen molar-refractivity contribution in [1.29, 1.82) is 0 Å². The van der Waals surface area contributed by atoms with Crippen LogP contribution in [-0.2, 0) is 14.2 Å². The minimum atomic E-state index is -1.06. The van der Waals surface area contributed by atoms with Crippen LogP contribution in [-0.4, -0.2) is 57.8 Å². The molecule has 3 N–H and O–H groups in total. The number of allylic oxidation sites excluding steroid dienone is 1. The number of phenolic OH excluding ortho intramolecular Hbond substituents is 1. The van der Waals surface area contributed by atoms with E-state index in [0.717, 1.165) is 58.9 Å². The molecule has 2 amide bonds. The molecule has 0 spiro atoms. The van der Waals surface area contributed by atoms with Gasteiger partial charge in [0.05, 0.1) is 24.5 Å². The molecule has 0 radical (unpaired) electrons. The van der Waals surface area contributed by atoms with Gasteiger partial charge in [-0.2, -0.15) is 0 Å². The van der Waals surface area contributed by atoms with Crippen LogP contribution in [0.3, 0.4) is 0 Å². The molecule has 7 nitrogen and oxygen atoms in total. The van der Waals surface area contributed by atoms with Gasteiger partial charge < -0.3 is 19.9 Å². The van der Waals surface area contributed by atoms with E-state index >= 15 is 0 Å². The second kappa shape index (κ2) is 12.5. The number of imide groups is 1. The average molecular weight is 634 g/mol. The average Bonchev–Trinajstić information content (AvgIpc) is 3.26. The van der Waals surface area contributed by atoms with Crippen LogP contribution in [0.5, 0.6) is 5.75 Å². The van der Waals surface area contributed by atoms with Crippen molar-refractivity contribution in [3.05, 3.63) is 75.3 Å². The molecule has 220 valence electrons. The van der Waals surface area contributed by atoms with Gasteiger partial charge in [-0.15, -0.1) is 0 Å². The SMILES string of the molecule is O=C1[C@@H]2[C@@H](CC(CO)=C3[C@@H](CC/C(=C/c4cc(Br)ccc4O)c4ccccc4)OB(O)C[C@@H]32)C(=O)N1C1CCCCC1. The number of aromatic hydroxyl groups is 1. The Bertz CT molecular complexity index is 1400. The Kier molecular flexibility index (Phi) is 8.73. The lowest BCUT2D eigenvalue weighted by molar-refractivity contribution is -0.143. The highest BCUT2D eigenvalue weighted by molar-refractivity contribution is 9.10. The normalized spacial score (nSPS) is 27.0. The van der Waals surface area contributed by atoms with Crippen LogP contribution < -0.4 is 0 Å². The third-order valence-corrected chi connectivity index (χ3v) is 10.1. The summed E-state index contributed by atoms with van der Waals surface area (Å²) in [6.45, 7) is -0.205. The van der Waals surface area contributed by atoms with E-state index in [0.29, 0.717) is 24.8 Å². The van der Waals surface area contributed by atoms with Gasteiger partial charge in [0.15, 0.2) is 0 Å². The number of hydrogen-bond acceptors (Lipinski definition) is 6. The lowest BCUT2D eigenvalue weighted by Gasteiger charge is -2.43. The minimum Gasteiger partial charge on any atom is -0.507 e. The molecule has 0 bridgehead atoms. The van der Waals surface area contributed by atoms with Crippen molar-refractivity contribution < 1.29 is 29.5 Å². The van der Waals surface area contributed by atoms with Crippen molar-refractivity contribution in [2.45, 2.75) is 69.8 Å². The first-order chi connectivity index (χ1) is 20.4. The molecule has 4 aliphatic rings. The van der Waals surface area contributed by atoms with Gasteiger partial charge in [0, 0.05) is 16.1 Å². The minimum absolute atomic E-state index is 0.0426. The summed E-state index contributed by atoms with van der Waals surface area (Å²) in [6.07, 6.45) is 8.01. The van der Waals surface area contributed by atoms with Crippen molar-refractivity contribution in [2.75, 3.05) is 6.61 Å². The van der Waals surface area contributed by atoms with Gasteiger partial charge >= 0.3 is 7.12 Å². The second-order valence-corrected chi connectivity index (χ2v) is 13.0. The number of carbonyl (C=O) groups excluding carboxylic acids is 2. The topological polar surface area (TPSA) is 107 Å². The Balaban J connectivity index is 1.30. The fraction of sp³-hybridized carbons (Fsp3) is 0.455. The van der Waals surface area contributed by atoms with Crippen LogP contribution in [0, 0.1) is 17.8 Å². The van der Waals surface area contributed by atoms with E-state index in [9.17, 15) is 24.8 Å². The molecule has 0 unspecified atom stereocenters. The maximum atomic E-state index is 13.9. The molecular formula is C33H37BBrNO6. The molecule has 0 aromatic heterocycles. The fourth-order valence-electron chi connectivity index (χ4n) is 7.70. The fourth-order valence-corrected chi connectivity index (χ4v) is 8.08. The summed E-state index contributed by atoms with van der Waals surface area (Å²) < 4.78 is 6.97. The smallest absolute Gasteiger partial charge is 0.455 e. The molecular weight excluding hydrogens is 597 g/mol. The summed E-state index contributed by atoms with van der Waals surface area (Å²) in [7, 11) is -1.06. The van der Waals surface area contributed by atoms with E-state index in [1.165, 1.54) is 0 Å². The number of carbonyl (C=O) groups is 2. The Morgan fingerprint density at radius 1 is 1.05 bits per heavy atom. The van der Waals surface area contributed by atoms with Crippen LogP contribution in [0.15, 0.2) is 64.1 Å². The maximum Gasteiger partial charge on any atom is 0.455 e. The Hall–Kier alpha value is -2.72. The second-order valence-electron chi connectivity index (χ2n) is 12.1. The van der Waals surface area contributed by atoms with Crippen molar-refractivity contribution in [2.24, 2.45) is 17.8 Å². The van der Waals surface area contributed by atoms with Crippen molar-refractivity contribution in [1.82, 2.24) is 4.90 Å². The third kappa shape index (κ3) is 5.64. The van der Waals surface area contributed by atoms with Crippen LogP contribution in [0.4, 0.5) is 0 Å². The van der Waals surface area contributed by atoms with Crippen LogP contribution in [0.2, 0.25) is 6.32 Å². The first-order valence-electron chi connectivity index (χ1n) is 15.1. The molecule has 4 atom stereocenters. The first kappa shape index (κ1) is 29.4. The number of halogens is 1. The van der Waals surface area contributed by atoms with Crippen LogP contribution in [0.25, 0.3) is 11.6 Å². The van der Waals surface area contributed by atoms with E-state index in [1.54, 1.807) is 17.0 Å². The van der Waals surface area contributed by atoms with E-state index in [2.05, 4.69) is 15.9 Å². The molecule has 2 saturated heterocycles. The maximum absolute atomic E-state index is 13.9. The van der Waals surface area contributed by atoms with Crippen molar-refractivity contribution in [3.8, 4) is 5.75 Å². The number of nitrogens with zero attached hydrogens (tertiary/aromatic N) is 1. The molecule has 3 fully saturated rings. The number of aliphatic hydroxyl groups excluding tert-OH is 1. The predicted octanol–water partition coefficient (Wildman–Crippen LogP) is 5.60. The summed E-state index contributed by atoms with van der Waals surface area (Å²) >= 11 is 3.49. The zero-order valence-corrected chi connectivity index (χ0v) is 25.2. The molecule has 6 rings (SSSR count). The molecule has 1 saturated carbocycles. The lowest BCUT2D eigenvalue weighted by Crippen LogP contribution is -2.47. The molecule has 42 heavy (non-hydrogen) atoms. The molecule has 2 aromatic rings. The third-order valence-electron chi connectivity index (χ3n) is 9.61. The number of likely N-dealkylation sites (tertiary alicyclic amines) is 1. The molecule has 2 aliphatic carbocycles. The van der Waals surface area contributed by atoms with Gasteiger partial charge in [-0.1, -0.05) is 65.5 Å². The largest absolute Gasteiger partial charge is 0.507 e. The summed E-state index contributed by atoms with van der Waals surface area (Å²) in [6, 6.07) is 15.2. The van der Waals surface area contributed by atoms with Gasteiger partial charge in [0.1, 0.15) is 5.75 Å². The summed E-state index contributed by atoms with van der Waals surface area (Å²) in [4.78, 5) is 29.1. The van der Waals surface area contributed by atoms with Crippen LogP contribution in [0.1, 0.15) is 62.5 Å². The number of rotatable bonds is 7. The van der Waals surface area contributed by atoms with Gasteiger partial charge in [-0.05, 0) is 90.9 Å². The monoisotopic (exact) mass is 633 g/mol. The number of fused-ring (bicyclic) bond motifs is 3.